The minimum absolute atomic E-state index is 0.334. The minimum Gasteiger partial charge on any atom is -0.508 e. The monoisotopic (exact) mass is 162 g/mol. The van der Waals surface area contributed by atoms with Gasteiger partial charge in [-0.25, -0.2) is 0 Å². The lowest BCUT2D eigenvalue weighted by Crippen LogP contribution is -1.78. The highest BCUT2D eigenvalue weighted by atomic mass is 16.3. The van der Waals surface area contributed by atoms with Crippen molar-refractivity contribution < 1.29 is 5.11 Å². The minimum atomic E-state index is 0.334. The lowest BCUT2D eigenvalue weighted by atomic mass is 10.1. The summed E-state index contributed by atoms with van der Waals surface area (Å²) >= 11 is 0. The van der Waals surface area contributed by atoms with Gasteiger partial charge in [-0.15, -0.1) is 0 Å². The van der Waals surface area contributed by atoms with Gasteiger partial charge in [-0.2, -0.15) is 0 Å². The fraction of sp³-hybridized carbons (Fsp3) is 0.273. The van der Waals surface area contributed by atoms with Crippen molar-refractivity contribution in [3.63, 3.8) is 0 Å². The molecule has 0 saturated heterocycles. The number of rotatable bonds is 2. The average Bonchev–Trinajstić information content (AvgIpc) is 2.03. The van der Waals surface area contributed by atoms with Gasteiger partial charge in [0.05, 0.1) is 0 Å². The largest absolute Gasteiger partial charge is 0.508 e. The molecule has 0 unspecified atom stereocenters. The molecule has 0 radical (unpaired) electrons. The molecular formula is C11H14O. The number of hydrogen-bond donors (Lipinski definition) is 1. The first-order chi connectivity index (χ1) is 5.74. The molecule has 1 aromatic rings. The van der Waals surface area contributed by atoms with E-state index >= 15 is 0 Å². The van der Waals surface area contributed by atoms with Gasteiger partial charge >= 0.3 is 0 Å². The van der Waals surface area contributed by atoms with Crippen LogP contribution in [0.4, 0.5) is 0 Å². The lowest BCUT2D eigenvalue weighted by Gasteiger charge is -1.99. The third kappa shape index (κ3) is 2.12. The number of allylic oxidation sites excluding steroid dienone is 1. The predicted octanol–water partition coefficient (Wildman–Crippen LogP) is 3.12. The standard InChI is InChI=1S/C11H14O/c1-3-4-5-10-6-7-11(12)8-9(10)2/h4-8,12H,3H2,1-2H3/b5-4+. The number of phenolic OH excluding ortho intramolecular Hbond substituents is 1. The summed E-state index contributed by atoms with van der Waals surface area (Å²) in [5.74, 6) is 0.334. The first-order valence-corrected chi connectivity index (χ1v) is 4.20. The van der Waals surface area contributed by atoms with Crippen LogP contribution < -0.4 is 0 Å². The summed E-state index contributed by atoms with van der Waals surface area (Å²) in [6, 6.07) is 5.41. The van der Waals surface area contributed by atoms with Crippen LogP contribution in [0.25, 0.3) is 6.08 Å². The molecule has 0 bridgehead atoms. The molecule has 1 N–H and O–H groups in total. The molecule has 0 saturated carbocycles. The van der Waals surface area contributed by atoms with Crippen LogP contribution >= 0.6 is 0 Å². The quantitative estimate of drug-likeness (QED) is 0.708. The highest BCUT2D eigenvalue weighted by molar-refractivity contribution is 5.54. The SMILES string of the molecule is CC/C=C/c1ccc(O)cc1C. The summed E-state index contributed by atoms with van der Waals surface area (Å²) in [5, 5.41) is 9.14. The third-order valence-electron chi connectivity index (χ3n) is 1.79. The smallest absolute Gasteiger partial charge is 0.115 e. The second-order valence-electron chi connectivity index (χ2n) is 2.85. The van der Waals surface area contributed by atoms with Gasteiger partial charge in [0.2, 0.25) is 0 Å². The van der Waals surface area contributed by atoms with Gasteiger partial charge in [0.25, 0.3) is 0 Å². The maximum absolute atomic E-state index is 9.14. The van der Waals surface area contributed by atoms with E-state index < -0.39 is 0 Å². The maximum atomic E-state index is 9.14. The summed E-state index contributed by atoms with van der Waals surface area (Å²) in [7, 11) is 0. The Bertz CT molecular complexity index is 287. The molecule has 12 heavy (non-hydrogen) atoms. The molecular weight excluding hydrogens is 148 g/mol. The van der Waals surface area contributed by atoms with Gasteiger partial charge in [0, 0.05) is 0 Å². The van der Waals surface area contributed by atoms with E-state index in [-0.39, 0.29) is 0 Å². The molecule has 0 aromatic heterocycles. The zero-order valence-corrected chi connectivity index (χ0v) is 7.54. The van der Waals surface area contributed by atoms with E-state index in [1.807, 2.05) is 13.0 Å². The fourth-order valence-electron chi connectivity index (χ4n) is 1.09. The third-order valence-corrected chi connectivity index (χ3v) is 1.79. The van der Waals surface area contributed by atoms with Crippen molar-refractivity contribution in [1.82, 2.24) is 0 Å². The van der Waals surface area contributed by atoms with Crippen molar-refractivity contribution in [3.8, 4) is 5.75 Å². The Kier molecular flexibility index (Phi) is 2.92. The van der Waals surface area contributed by atoms with Gasteiger partial charge in [-0.05, 0) is 36.6 Å². The summed E-state index contributed by atoms with van der Waals surface area (Å²) in [6.07, 6.45) is 5.23. The molecule has 0 aliphatic heterocycles. The molecule has 0 aliphatic rings. The van der Waals surface area contributed by atoms with Crippen LogP contribution in [0.2, 0.25) is 0 Å². The summed E-state index contributed by atoms with van der Waals surface area (Å²) in [6.45, 7) is 4.10. The number of phenols is 1. The van der Waals surface area contributed by atoms with Crippen molar-refractivity contribution in [1.29, 1.82) is 0 Å². The molecule has 1 aromatic carbocycles. The van der Waals surface area contributed by atoms with Gasteiger partial charge in [-0.1, -0.05) is 25.1 Å². The van der Waals surface area contributed by atoms with Crippen LogP contribution in [0.15, 0.2) is 24.3 Å². The first kappa shape index (κ1) is 8.85. The van der Waals surface area contributed by atoms with Crippen molar-refractivity contribution in [3.05, 3.63) is 35.4 Å². The second-order valence-corrected chi connectivity index (χ2v) is 2.85. The predicted molar refractivity (Wildman–Crippen MR) is 52.2 cm³/mol. The lowest BCUT2D eigenvalue weighted by molar-refractivity contribution is 0.475. The topological polar surface area (TPSA) is 20.2 Å². The van der Waals surface area contributed by atoms with E-state index in [4.69, 9.17) is 5.11 Å². The summed E-state index contributed by atoms with van der Waals surface area (Å²) < 4.78 is 0. The van der Waals surface area contributed by atoms with Crippen molar-refractivity contribution >= 4 is 6.08 Å². The number of hydrogen-bond acceptors (Lipinski definition) is 1. The van der Waals surface area contributed by atoms with Crippen LogP contribution in [0.3, 0.4) is 0 Å². The zero-order valence-electron chi connectivity index (χ0n) is 7.54. The van der Waals surface area contributed by atoms with Crippen molar-refractivity contribution in [2.75, 3.05) is 0 Å². The molecule has 64 valence electrons. The van der Waals surface area contributed by atoms with E-state index in [9.17, 15) is 0 Å². The normalized spacial score (nSPS) is 10.8. The van der Waals surface area contributed by atoms with E-state index in [2.05, 4.69) is 19.1 Å². The van der Waals surface area contributed by atoms with E-state index in [0.717, 1.165) is 12.0 Å². The Hall–Kier alpha value is -1.24. The Labute approximate surface area is 73.4 Å². The summed E-state index contributed by atoms with van der Waals surface area (Å²) in [4.78, 5) is 0. The number of benzene rings is 1. The van der Waals surface area contributed by atoms with Crippen LogP contribution in [0.1, 0.15) is 24.5 Å². The van der Waals surface area contributed by atoms with E-state index in [1.165, 1.54) is 5.56 Å². The van der Waals surface area contributed by atoms with Gasteiger partial charge < -0.3 is 5.11 Å². The van der Waals surface area contributed by atoms with E-state index in [0.29, 0.717) is 5.75 Å². The molecule has 0 heterocycles. The Morgan fingerprint density at radius 1 is 1.42 bits per heavy atom. The molecule has 0 fully saturated rings. The molecule has 1 rings (SSSR count). The highest BCUT2D eigenvalue weighted by Gasteiger charge is 1.94. The molecule has 0 spiro atoms. The molecule has 0 aliphatic carbocycles. The molecule has 1 nitrogen and oxygen atoms in total. The van der Waals surface area contributed by atoms with Crippen molar-refractivity contribution in [2.45, 2.75) is 20.3 Å². The Morgan fingerprint density at radius 2 is 2.17 bits per heavy atom. The molecule has 1 heteroatoms. The number of aromatic hydroxyl groups is 1. The second kappa shape index (κ2) is 3.96. The number of aryl methyl sites for hydroxylation is 1. The fourth-order valence-corrected chi connectivity index (χ4v) is 1.09. The van der Waals surface area contributed by atoms with Crippen molar-refractivity contribution in [2.24, 2.45) is 0 Å². The Morgan fingerprint density at radius 3 is 2.75 bits per heavy atom. The van der Waals surface area contributed by atoms with Crippen LogP contribution in [0, 0.1) is 6.92 Å². The van der Waals surface area contributed by atoms with Crippen LogP contribution in [-0.2, 0) is 0 Å². The van der Waals surface area contributed by atoms with Gasteiger partial charge in [-0.3, -0.25) is 0 Å². The van der Waals surface area contributed by atoms with Crippen LogP contribution in [0.5, 0.6) is 5.75 Å². The summed E-state index contributed by atoms with van der Waals surface area (Å²) in [5.41, 5.74) is 2.29. The molecule has 0 atom stereocenters. The van der Waals surface area contributed by atoms with Gasteiger partial charge in [0.15, 0.2) is 0 Å². The first-order valence-electron chi connectivity index (χ1n) is 4.20. The molecule has 0 amide bonds. The Balaban J connectivity index is 2.94. The maximum Gasteiger partial charge on any atom is 0.115 e. The average molecular weight is 162 g/mol. The zero-order chi connectivity index (χ0) is 8.97. The van der Waals surface area contributed by atoms with Crippen LogP contribution in [-0.4, -0.2) is 5.11 Å². The van der Waals surface area contributed by atoms with Gasteiger partial charge in [0.1, 0.15) is 5.75 Å². The highest BCUT2D eigenvalue weighted by Crippen LogP contribution is 2.16. The van der Waals surface area contributed by atoms with E-state index in [1.54, 1.807) is 12.1 Å².